The second kappa shape index (κ2) is 8.04. The molecule has 0 atom stereocenters. The third kappa shape index (κ3) is 5.70. The fourth-order valence-electron chi connectivity index (χ4n) is 0.671. The van der Waals surface area contributed by atoms with Gasteiger partial charge in [-0.15, -0.1) is 0 Å². The first-order valence-electron chi connectivity index (χ1n) is 4.12. The number of rotatable bonds is 7. The van der Waals surface area contributed by atoms with E-state index in [1.807, 2.05) is 0 Å². The molecule has 0 spiro atoms. The maximum absolute atomic E-state index is 10.1. The van der Waals surface area contributed by atoms with Crippen molar-refractivity contribution in [1.29, 1.82) is 0 Å². The molecule has 0 radical (unpaired) electrons. The molecule has 0 unspecified atom stereocenters. The molecule has 0 N–H and O–H groups in total. The first-order chi connectivity index (χ1) is 5.85. The lowest BCUT2D eigenvalue weighted by atomic mass is 10.3. The lowest BCUT2D eigenvalue weighted by molar-refractivity contribution is -0.116. The van der Waals surface area contributed by atoms with Crippen molar-refractivity contribution in [2.45, 2.75) is 32.2 Å². The van der Waals surface area contributed by atoms with Gasteiger partial charge in [0.1, 0.15) is 0 Å². The van der Waals surface area contributed by atoms with Gasteiger partial charge in [0, 0.05) is 0 Å². The molecule has 0 aromatic heterocycles. The minimum atomic E-state index is -0.897. The smallest absolute Gasteiger partial charge is 0.181 e. The number of carbonyl (C=O) groups excluding carboxylic acids is 2. The van der Waals surface area contributed by atoms with Crippen molar-refractivity contribution in [2.24, 2.45) is 10.2 Å². The van der Waals surface area contributed by atoms with E-state index < -0.39 is 6.04 Å². The molecule has 0 saturated carbocycles. The lowest BCUT2D eigenvalue weighted by Crippen LogP contribution is -2.05. The summed E-state index contributed by atoms with van der Waals surface area (Å²) in [5.41, 5.74) is 0. The first-order valence-corrected chi connectivity index (χ1v) is 4.12. The van der Waals surface area contributed by atoms with Crippen LogP contribution in [0.5, 0.6) is 0 Å². The van der Waals surface area contributed by atoms with Gasteiger partial charge in [-0.2, -0.15) is 10.2 Å². The largest absolute Gasteiger partial charge is 0.300 e. The molecule has 0 amide bonds. The summed E-state index contributed by atoms with van der Waals surface area (Å²) in [4.78, 5) is 20.1. The molecule has 0 aliphatic carbocycles. The van der Waals surface area contributed by atoms with Gasteiger partial charge < -0.3 is 9.59 Å². The van der Waals surface area contributed by atoms with E-state index in [0.717, 1.165) is 19.3 Å². The number of hydrogen-bond donors (Lipinski definition) is 0. The third-order valence-electron chi connectivity index (χ3n) is 1.36. The molecule has 0 aromatic carbocycles. The van der Waals surface area contributed by atoms with E-state index in [0.29, 0.717) is 19.1 Å². The Morgan fingerprint density at radius 3 is 2.42 bits per heavy atom. The average molecular weight is 170 g/mol. The van der Waals surface area contributed by atoms with Crippen LogP contribution in [0, 0.1) is 0 Å². The standard InChI is InChI=1S/C8H14N2O2/c1-2-3-4-5-9-10-8(6-11)7-12/h6-8H,2-5H2,1H3. The van der Waals surface area contributed by atoms with Crippen molar-refractivity contribution < 1.29 is 9.59 Å². The van der Waals surface area contributed by atoms with Crippen molar-refractivity contribution in [2.75, 3.05) is 6.54 Å². The molecule has 0 heterocycles. The normalized spacial score (nSPS) is 10.8. The molecule has 0 rings (SSSR count). The minimum Gasteiger partial charge on any atom is -0.300 e. The zero-order chi connectivity index (χ0) is 9.23. The van der Waals surface area contributed by atoms with Gasteiger partial charge in [0.2, 0.25) is 0 Å². The molecule has 0 aromatic rings. The van der Waals surface area contributed by atoms with Gasteiger partial charge in [0.15, 0.2) is 18.6 Å². The van der Waals surface area contributed by atoms with Gasteiger partial charge in [-0.25, -0.2) is 0 Å². The Morgan fingerprint density at radius 2 is 1.92 bits per heavy atom. The Bertz CT molecular complexity index is 149. The van der Waals surface area contributed by atoms with Gasteiger partial charge in [-0.05, 0) is 6.42 Å². The van der Waals surface area contributed by atoms with Crippen LogP contribution in [0.25, 0.3) is 0 Å². The van der Waals surface area contributed by atoms with Crippen molar-refractivity contribution >= 4 is 12.6 Å². The third-order valence-corrected chi connectivity index (χ3v) is 1.36. The zero-order valence-corrected chi connectivity index (χ0v) is 7.27. The van der Waals surface area contributed by atoms with Crippen LogP contribution in [0.1, 0.15) is 26.2 Å². The Balaban J connectivity index is 3.45. The van der Waals surface area contributed by atoms with Crippen LogP contribution in [0.3, 0.4) is 0 Å². The van der Waals surface area contributed by atoms with Gasteiger partial charge >= 0.3 is 0 Å². The molecule has 0 saturated heterocycles. The van der Waals surface area contributed by atoms with E-state index in [-0.39, 0.29) is 0 Å². The summed E-state index contributed by atoms with van der Waals surface area (Å²) < 4.78 is 0. The first kappa shape index (κ1) is 10.9. The van der Waals surface area contributed by atoms with Crippen molar-refractivity contribution in [3.05, 3.63) is 0 Å². The van der Waals surface area contributed by atoms with Gasteiger partial charge in [0.25, 0.3) is 0 Å². The Kier molecular flexibility index (Phi) is 7.33. The highest BCUT2D eigenvalue weighted by Gasteiger charge is 1.99. The molecule has 0 aliphatic heterocycles. The summed E-state index contributed by atoms with van der Waals surface area (Å²) >= 11 is 0. The number of unbranched alkanes of at least 4 members (excludes halogenated alkanes) is 2. The Hall–Kier alpha value is -1.06. The van der Waals surface area contributed by atoms with Crippen LogP contribution >= 0.6 is 0 Å². The number of nitrogens with zero attached hydrogens (tertiary/aromatic N) is 2. The zero-order valence-electron chi connectivity index (χ0n) is 7.27. The average Bonchev–Trinajstić information content (AvgIpc) is 2.11. The number of azo groups is 1. The molecule has 68 valence electrons. The quantitative estimate of drug-likeness (QED) is 0.251. The molecule has 4 nitrogen and oxygen atoms in total. The van der Waals surface area contributed by atoms with Crippen LogP contribution in [-0.2, 0) is 9.59 Å². The van der Waals surface area contributed by atoms with Crippen LogP contribution in [0.2, 0.25) is 0 Å². The predicted octanol–water partition coefficient (Wildman–Crippen LogP) is 1.40. The summed E-state index contributed by atoms with van der Waals surface area (Å²) in [6.07, 6.45) is 4.16. The number of hydrogen-bond acceptors (Lipinski definition) is 4. The maximum atomic E-state index is 10.1. The van der Waals surface area contributed by atoms with Crippen molar-refractivity contribution in [3.8, 4) is 0 Å². The fourth-order valence-corrected chi connectivity index (χ4v) is 0.671. The van der Waals surface area contributed by atoms with Crippen LogP contribution < -0.4 is 0 Å². The Labute approximate surface area is 72.1 Å². The highest BCUT2D eigenvalue weighted by atomic mass is 16.1. The second-order valence-electron chi connectivity index (χ2n) is 2.45. The highest BCUT2D eigenvalue weighted by Crippen LogP contribution is 1.94. The highest BCUT2D eigenvalue weighted by molar-refractivity contribution is 5.82. The van der Waals surface area contributed by atoms with E-state index >= 15 is 0 Å². The Morgan fingerprint density at radius 1 is 1.25 bits per heavy atom. The van der Waals surface area contributed by atoms with Crippen LogP contribution in [0.4, 0.5) is 0 Å². The van der Waals surface area contributed by atoms with Crippen LogP contribution in [-0.4, -0.2) is 25.2 Å². The minimum absolute atomic E-state index is 0.482. The van der Waals surface area contributed by atoms with Gasteiger partial charge in [-0.3, -0.25) is 0 Å². The fraction of sp³-hybridized carbons (Fsp3) is 0.750. The van der Waals surface area contributed by atoms with Crippen molar-refractivity contribution in [1.82, 2.24) is 0 Å². The topological polar surface area (TPSA) is 58.9 Å². The molecule has 4 heteroatoms. The molecule has 12 heavy (non-hydrogen) atoms. The van der Waals surface area contributed by atoms with Gasteiger partial charge in [-0.1, -0.05) is 19.8 Å². The summed E-state index contributed by atoms with van der Waals surface area (Å²) in [5, 5.41) is 7.23. The predicted molar refractivity (Wildman–Crippen MR) is 45.2 cm³/mol. The van der Waals surface area contributed by atoms with Crippen molar-refractivity contribution in [3.63, 3.8) is 0 Å². The van der Waals surface area contributed by atoms with Gasteiger partial charge in [0.05, 0.1) is 6.54 Å². The molecule has 0 fully saturated rings. The summed E-state index contributed by atoms with van der Waals surface area (Å²) in [5.74, 6) is 0. The molecular weight excluding hydrogens is 156 g/mol. The summed E-state index contributed by atoms with van der Waals surface area (Å²) in [6.45, 7) is 2.70. The maximum Gasteiger partial charge on any atom is 0.181 e. The number of aldehydes is 2. The summed E-state index contributed by atoms with van der Waals surface area (Å²) in [6, 6.07) is -0.897. The van der Waals surface area contributed by atoms with E-state index in [4.69, 9.17) is 0 Å². The summed E-state index contributed by atoms with van der Waals surface area (Å²) in [7, 11) is 0. The second-order valence-corrected chi connectivity index (χ2v) is 2.45. The van der Waals surface area contributed by atoms with Crippen LogP contribution in [0.15, 0.2) is 10.2 Å². The molecule has 0 aliphatic rings. The van der Waals surface area contributed by atoms with E-state index in [2.05, 4.69) is 17.2 Å². The van der Waals surface area contributed by atoms with E-state index in [1.54, 1.807) is 0 Å². The van der Waals surface area contributed by atoms with E-state index in [1.165, 1.54) is 0 Å². The number of carbonyl (C=O) groups is 2. The lowest BCUT2D eigenvalue weighted by Gasteiger charge is -1.92. The molecular formula is C8H14N2O2. The van der Waals surface area contributed by atoms with E-state index in [9.17, 15) is 9.59 Å². The molecule has 0 bridgehead atoms. The SMILES string of the molecule is CCCCCN=NC(C=O)C=O. The monoisotopic (exact) mass is 170 g/mol.